The first-order valence-electron chi connectivity index (χ1n) is 6.57. The molecule has 0 saturated carbocycles. The predicted octanol–water partition coefficient (Wildman–Crippen LogP) is 1.63. The zero-order valence-corrected chi connectivity index (χ0v) is 11.1. The van der Waals surface area contributed by atoms with Gasteiger partial charge in [0.05, 0.1) is 11.0 Å². The number of piperidine rings is 1. The van der Waals surface area contributed by atoms with Crippen molar-refractivity contribution in [3.8, 4) is 0 Å². The Bertz CT molecular complexity index is 647. The second-order valence-corrected chi connectivity index (χ2v) is 4.95. The maximum Gasteiger partial charge on any atom is 0.295 e. The smallest absolute Gasteiger partial charge is 0.295 e. The Morgan fingerprint density at radius 2 is 2.33 bits per heavy atom. The quantitative estimate of drug-likeness (QED) is 0.681. The van der Waals surface area contributed by atoms with Crippen molar-refractivity contribution >= 4 is 11.4 Å². The van der Waals surface area contributed by atoms with Gasteiger partial charge in [-0.15, -0.1) is 10.2 Å². The molecule has 1 fully saturated rings. The molecule has 0 amide bonds. The van der Waals surface area contributed by atoms with Crippen LogP contribution in [0.5, 0.6) is 0 Å². The molecule has 8 nitrogen and oxygen atoms in total. The van der Waals surface area contributed by atoms with E-state index in [1.54, 1.807) is 0 Å². The number of nitrogens with one attached hydrogen (secondary N) is 1. The summed E-state index contributed by atoms with van der Waals surface area (Å²) in [5.74, 6) is 0.0452. The van der Waals surface area contributed by atoms with Crippen molar-refractivity contribution in [2.24, 2.45) is 0 Å². The highest BCUT2D eigenvalue weighted by atomic mass is 19.1. The molecular weight excluding hydrogens is 279 g/mol. The average molecular weight is 292 g/mol. The molecule has 1 aliphatic rings. The molecule has 1 aliphatic heterocycles. The second kappa shape index (κ2) is 5.43. The van der Waals surface area contributed by atoms with Gasteiger partial charge in [-0.2, -0.15) is 5.21 Å². The number of anilines is 1. The van der Waals surface area contributed by atoms with E-state index in [0.29, 0.717) is 24.6 Å². The molecule has 1 atom stereocenters. The normalized spacial score (nSPS) is 18.7. The van der Waals surface area contributed by atoms with Gasteiger partial charge in [-0.1, -0.05) is 5.21 Å². The molecule has 1 unspecified atom stereocenters. The van der Waals surface area contributed by atoms with E-state index in [9.17, 15) is 14.5 Å². The summed E-state index contributed by atoms with van der Waals surface area (Å²) in [7, 11) is 0. The summed E-state index contributed by atoms with van der Waals surface area (Å²) >= 11 is 0. The molecule has 21 heavy (non-hydrogen) atoms. The number of aromatic amines is 1. The molecule has 9 heteroatoms. The Balaban J connectivity index is 1.88. The van der Waals surface area contributed by atoms with Crippen molar-refractivity contribution in [3.63, 3.8) is 0 Å². The number of benzene rings is 1. The molecule has 2 heterocycles. The molecule has 2 aromatic rings. The molecule has 3 rings (SSSR count). The molecular formula is C12H13FN6O2. The first-order valence-corrected chi connectivity index (χ1v) is 6.57. The number of nitrogens with zero attached hydrogens (tertiary/aromatic N) is 5. The van der Waals surface area contributed by atoms with Gasteiger partial charge in [0, 0.05) is 19.0 Å². The number of H-pyrrole nitrogens is 1. The van der Waals surface area contributed by atoms with Crippen LogP contribution in [-0.4, -0.2) is 38.6 Å². The molecule has 0 radical (unpaired) electrons. The maximum absolute atomic E-state index is 13.2. The minimum Gasteiger partial charge on any atom is -0.365 e. The number of nitro groups is 1. The zero-order valence-electron chi connectivity index (χ0n) is 11.1. The number of hydrogen-bond acceptors (Lipinski definition) is 6. The third-order valence-electron chi connectivity index (χ3n) is 3.62. The second-order valence-electron chi connectivity index (χ2n) is 4.95. The van der Waals surface area contributed by atoms with E-state index in [4.69, 9.17) is 0 Å². The minimum atomic E-state index is -0.614. The van der Waals surface area contributed by atoms with Crippen LogP contribution in [0.25, 0.3) is 0 Å². The summed E-state index contributed by atoms with van der Waals surface area (Å²) in [6, 6.07) is 3.64. The van der Waals surface area contributed by atoms with Gasteiger partial charge in [-0.3, -0.25) is 10.1 Å². The summed E-state index contributed by atoms with van der Waals surface area (Å²) < 4.78 is 13.2. The highest BCUT2D eigenvalue weighted by molar-refractivity contribution is 5.63. The van der Waals surface area contributed by atoms with Crippen LogP contribution in [0.4, 0.5) is 15.8 Å². The average Bonchev–Trinajstić information content (AvgIpc) is 3.01. The molecule has 0 spiro atoms. The number of rotatable bonds is 3. The predicted molar refractivity (Wildman–Crippen MR) is 71.4 cm³/mol. The Morgan fingerprint density at radius 1 is 1.48 bits per heavy atom. The van der Waals surface area contributed by atoms with Crippen molar-refractivity contribution in [1.82, 2.24) is 20.6 Å². The van der Waals surface area contributed by atoms with E-state index >= 15 is 0 Å². The van der Waals surface area contributed by atoms with Crippen LogP contribution in [0.3, 0.4) is 0 Å². The van der Waals surface area contributed by atoms with E-state index in [1.807, 2.05) is 4.90 Å². The Morgan fingerprint density at radius 3 is 3.05 bits per heavy atom. The van der Waals surface area contributed by atoms with Gasteiger partial charge in [-0.25, -0.2) is 4.39 Å². The molecule has 1 N–H and O–H groups in total. The van der Waals surface area contributed by atoms with Gasteiger partial charge in [0.2, 0.25) is 0 Å². The lowest BCUT2D eigenvalue weighted by Crippen LogP contribution is -2.35. The molecule has 110 valence electrons. The van der Waals surface area contributed by atoms with Crippen molar-refractivity contribution in [2.75, 3.05) is 18.0 Å². The van der Waals surface area contributed by atoms with Crippen LogP contribution >= 0.6 is 0 Å². The summed E-state index contributed by atoms with van der Waals surface area (Å²) in [6.07, 6.45) is 1.75. The lowest BCUT2D eigenvalue weighted by molar-refractivity contribution is -0.384. The molecule has 0 aliphatic carbocycles. The van der Waals surface area contributed by atoms with Gasteiger partial charge < -0.3 is 4.90 Å². The molecule has 1 aromatic carbocycles. The lowest BCUT2D eigenvalue weighted by atomic mass is 9.97. The summed E-state index contributed by atoms with van der Waals surface area (Å²) in [5.41, 5.74) is 0.207. The van der Waals surface area contributed by atoms with Crippen LogP contribution < -0.4 is 4.90 Å². The van der Waals surface area contributed by atoms with Gasteiger partial charge >= 0.3 is 0 Å². The third-order valence-corrected chi connectivity index (χ3v) is 3.62. The maximum atomic E-state index is 13.2. The van der Waals surface area contributed by atoms with Crippen LogP contribution in [0, 0.1) is 15.9 Å². The number of hydrogen-bond donors (Lipinski definition) is 1. The van der Waals surface area contributed by atoms with Crippen molar-refractivity contribution in [1.29, 1.82) is 0 Å². The third kappa shape index (κ3) is 2.67. The highest BCUT2D eigenvalue weighted by Gasteiger charge is 2.28. The van der Waals surface area contributed by atoms with Crippen LogP contribution in [0.1, 0.15) is 24.6 Å². The molecule has 1 saturated heterocycles. The fourth-order valence-corrected chi connectivity index (χ4v) is 2.66. The fourth-order valence-electron chi connectivity index (χ4n) is 2.66. The summed E-state index contributed by atoms with van der Waals surface area (Å²) in [6.45, 7) is 1.23. The van der Waals surface area contributed by atoms with Crippen molar-refractivity contribution in [3.05, 3.63) is 40.0 Å². The van der Waals surface area contributed by atoms with Crippen LogP contribution in [0.15, 0.2) is 18.2 Å². The summed E-state index contributed by atoms with van der Waals surface area (Å²) in [4.78, 5) is 12.4. The number of aromatic nitrogens is 4. The molecule has 1 aromatic heterocycles. The van der Waals surface area contributed by atoms with Gasteiger partial charge in [0.1, 0.15) is 11.5 Å². The van der Waals surface area contributed by atoms with E-state index in [1.165, 1.54) is 12.1 Å². The monoisotopic (exact) mass is 292 g/mol. The van der Waals surface area contributed by atoms with E-state index in [0.717, 1.165) is 18.9 Å². The number of tetrazole rings is 1. The van der Waals surface area contributed by atoms with Gasteiger partial charge in [-0.05, 0) is 25.0 Å². The van der Waals surface area contributed by atoms with Crippen LogP contribution in [0.2, 0.25) is 0 Å². The minimum absolute atomic E-state index is 0.0576. The van der Waals surface area contributed by atoms with Crippen LogP contribution in [-0.2, 0) is 0 Å². The number of nitro benzene ring substituents is 1. The Labute approximate surface area is 119 Å². The number of halogens is 1. The van der Waals surface area contributed by atoms with Crippen molar-refractivity contribution < 1.29 is 9.31 Å². The van der Waals surface area contributed by atoms with Crippen molar-refractivity contribution in [2.45, 2.75) is 18.8 Å². The Hall–Kier alpha value is -2.58. The van der Waals surface area contributed by atoms with Gasteiger partial charge in [0.25, 0.3) is 5.69 Å². The first-order chi connectivity index (χ1) is 10.1. The first kappa shape index (κ1) is 13.4. The SMILES string of the molecule is O=[N+]([O-])c1cc(F)ccc1N1CCCC(c2nn[nH]n2)C1. The van der Waals surface area contributed by atoms with E-state index in [2.05, 4.69) is 20.6 Å². The highest BCUT2D eigenvalue weighted by Crippen LogP contribution is 2.34. The Kier molecular flexibility index (Phi) is 3.46. The molecule has 0 bridgehead atoms. The largest absolute Gasteiger partial charge is 0.365 e. The topological polar surface area (TPSA) is 101 Å². The summed E-state index contributed by atoms with van der Waals surface area (Å²) in [5, 5.41) is 25.0. The van der Waals surface area contributed by atoms with E-state index < -0.39 is 10.7 Å². The van der Waals surface area contributed by atoms with Gasteiger partial charge in [0.15, 0.2) is 5.82 Å². The standard InChI is InChI=1S/C12H13FN6O2/c13-9-3-4-10(11(6-9)19(20)21)18-5-1-2-8(7-18)12-14-16-17-15-12/h3-4,6,8H,1-2,5,7H2,(H,14,15,16,17). The zero-order chi connectivity index (χ0) is 14.8. The fraction of sp³-hybridized carbons (Fsp3) is 0.417. The van der Waals surface area contributed by atoms with E-state index in [-0.39, 0.29) is 11.6 Å². The lowest BCUT2D eigenvalue weighted by Gasteiger charge is -2.32.